The summed E-state index contributed by atoms with van der Waals surface area (Å²) >= 11 is 0. The number of amides is 3. The van der Waals surface area contributed by atoms with Crippen LogP contribution in [0.3, 0.4) is 0 Å². The molecule has 0 aromatic heterocycles. The molecule has 3 amide bonds. The second-order valence-electron chi connectivity index (χ2n) is 6.80. The van der Waals surface area contributed by atoms with E-state index >= 15 is 0 Å². The third-order valence-electron chi connectivity index (χ3n) is 4.15. The molecule has 0 aromatic rings. The Morgan fingerprint density at radius 3 is 1.45 bits per heavy atom. The number of carbonyl (C=O) groups excluding carboxylic acids is 3. The number of aliphatic hydroxyl groups is 1. The van der Waals surface area contributed by atoms with Crippen LogP contribution in [0, 0.1) is 19.6 Å². The summed E-state index contributed by atoms with van der Waals surface area (Å²) < 4.78 is 16.3. The standard InChI is InChI=1S/C17H27N5O11/c23-5-1-13(19-27)9-18-17(10-31-6-2-14(24)20-28,11-32-7-3-15(25)21-29)12-33-8-4-16(26)22-30/h13,18,23H,1-12H2/t13-/m1/s1. The van der Waals surface area contributed by atoms with Crippen LogP contribution < -0.4 is 5.32 Å². The van der Waals surface area contributed by atoms with E-state index in [1.807, 2.05) is 0 Å². The molecule has 186 valence electrons. The minimum absolute atomic E-state index is 0.0430. The van der Waals surface area contributed by atoms with E-state index in [4.69, 9.17) is 19.3 Å². The van der Waals surface area contributed by atoms with Crippen LogP contribution >= 0.6 is 0 Å². The lowest BCUT2D eigenvalue weighted by Crippen LogP contribution is -2.58. The maximum absolute atomic E-state index is 11.0. The van der Waals surface area contributed by atoms with E-state index in [0.29, 0.717) is 0 Å². The van der Waals surface area contributed by atoms with Gasteiger partial charge in [-0.3, -0.25) is 14.4 Å². The first kappa shape index (κ1) is 30.2. The Labute approximate surface area is 188 Å². The summed E-state index contributed by atoms with van der Waals surface area (Å²) in [5, 5.41) is 21.7. The molecular formula is C17H27N5O11. The van der Waals surface area contributed by atoms with Crippen molar-refractivity contribution in [2.45, 2.75) is 37.3 Å². The Morgan fingerprint density at radius 2 is 1.15 bits per heavy atom. The number of nitrogens with one attached hydrogen (secondary N) is 1. The van der Waals surface area contributed by atoms with E-state index in [1.165, 1.54) is 0 Å². The fourth-order valence-electron chi connectivity index (χ4n) is 2.37. The Bertz CT molecular complexity index is 592. The van der Waals surface area contributed by atoms with Gasteiger partial charge in [-0.2, -0.15) is 4.91 Å². The third kappa shape index (κ3) is 14.8. The van der Waals surface area contributed by atoms with Crippen molar-refractivity contribution in [3.8, 4) is 0 Å². The Hall–Kier alpha value is -2.79. The van der Waals surface area contributed by atoms with Crippen molar-refractivity contribution in [2.75, 3.05) is 52.8 Å². The van der Waals surface area contributed by atoms with Gasteiger partial charge in [0.1, 0.15) is 6.04 Å². The average Bonchev–Trinajstić information content (AvgIpc) is 2.83. The van der Waals surface area contributed by atoms with E-state index in [2.05, 4.69) is 26.0 Å². The van der Waals surface area contributed by atoms with Crippen molar-refractivity contribution in [3.63, 3.8) is 0 Å². The van der Waals surface area contributed by atoms with Crippen molar-refractivity contribution >= 4 is 17.7 Å². The molecule has 0 aliphatic rings. The number of ether oxygens (including phenoxy) is 3. The van der Waals surface area contributed by atoms with Crippen molar-refractivity contribution < 1.29 is 33.7 Å². The van der Waals surface area contributed by atoms with Gasteiger partial charge in [0, 0.05) is 28.7 Å². The number of nitrogens with zero attached hydrogens (tertiary/aromatic N) is 4. The molecule has 33 heavy (non-hydrogen) atoms. The van der Waals surface area contributed by atoms with Crippen molar-refractivity contribution in [1.29, 1.82) is 0 Å². The van der Waals surface area contributed by atoms with Crippen molar-refractivity contribution in [1.82, 2.24) is 5.32 Å². The zero-order valence-corrected chi connectivity index (χ0v) is 17.9. The van der Waals surface area contributed by atoms with Gasteiger partial charge >= 0.3 is 0 Å². The van der Waals surface area contributed by atoms with Gasteiger partial charge in [-0.25, -0.2) is 0 Å². The fraction of sp³-hybridized carbons (Fsp3) is 0.824. The van der Waals surface area contributed by atoms with E-state index in [-0.39, 0.29) is 78.5 Å². The van der Waals surface area contributed by atoms with Crippen LogP contribution in [0.4, 0.5) is 0 Å². The second-order valence-corrected chi connectivity index (χ2v) is 6.80. The lowest BCUT2D eigenvalue weighted by atomic mass is 10.0. The molecule has 0 heterocycles. The summed E-state index contributed by atoms with van der Waals surface area (Å²) in [5.74, 6) is -2.77. The predicted octanol–water partition coefficient (Wildman–Crippen LogP) is -0.0687. The van der Waals surface area contributed by atoms with Gasteiger partial charge in [0.25, 0.3) is 17.7 Å². The third-order valence-corrected chi connectivity index (χ3v) is 4.15. The summed E-state index contributed by atoms with van der Waals surface area (Å²) in [5.41, 5.74) is -1.22. The smallest absolute Gasteiger partial charge is 0.288 e. The van der Waals surface area contributed by atoms with Crippen LogP contribution in [0.1, 0.15) is 25.7 Å². The minimum Gasteiger partial charge on any atom is -0.396 e. The number of nitroso groups, excluding NO2 is 4. The summed E-state index contributed by atoms with van der Waals surface area (Å²) in [4.78, 5) is 74.7. The lowest BCUT2D eigenvalue weighted by Gasteiger charge is -2.35. The molecule has 1 atom stereocenters. The molecule has 0 unspecified atom stereocenters. The van der Waals surface area contributed by atoms with E-state index in [9.17, 15) is 34.0 Å². The maximum atomic E-state index is 11.0. The number of aliphatic hydroxyl groups excluding tert-OH is 1. The Kier molecular flexibility index (Phi) is 17.2. The molecule has 0 saturated carbocycles. The molecule has 0 radical (unpaired) electrons. The SMILES string of the molecule is O=NC(=O)CCOCC(COCCC(=O)N=O)(COCCC(=O)N=O)NC[C@@H](CCO)N=O. The number of carbonyl (C=O) groups is 3. The van der Waals surface area contributed by atoms with Crippen LogP contribution in [0.15, 0.2) is 20.7 Å². The van der Waals surface area contributed by atoms with Crippen LogP contribution in [-0.2, 0) is 28.6 Å². The molecule has 16 nitrogen and oxygen atoms in total. The van der Waals surface area contributed by atoms with Gasteiger partial charge in [-0.05, 0) is 6.42 Å². The molecule has 2 N–H and O–H groups in total. The molecule has 0 aromatic carbocycles. The van der Waals surface area contributed by atoms with Crippen LogP contribution in [0.2, 0.25) is 0 Å². The predicted molar refractivity (Wildman–Crippen MR) is 111 cm³/mol. The van der Waals surface area contributed by atoms with E-state index < -0.39 is 29.3 Å². The van der Waals surface area contributed by atoms with Gasteiger partial charge < -0.3 is 24.6 Å². The Morgan fingerprint density at radius 1 is 0.758 bits per heavy atom. The monoisotopic (exact) mass is 477 g/mol. The highest BCUT2D eigenvalue weighted by atomic mass is 16.5. The molecule has 0 saturated heterocycles. The largest absolute Gasteiger partial charge is 0.396 e. The first-order valence-electron chi connectivity index (χ1n) is 9.86. The number of hydrogen-bond donors (Lipinski definition) is 2. The van der Waals surface area contributed by atoms with Gasteiger partial charge in [0.15, 0.2) is 0 Å². The maximum Gasteiger partial charge on any atom is 0.288 e. The summed E-state index contributed by atoms with van der Waals surface area (Å²) in [7, 11) is 0. The fourth-order valence-corrected chi connectivity index (χ4v) is 2.37. The summed E-state index contributed by atoms with van der Waals surface area (Å²) in [6.07, 6.45) is -0.802. The second kappa shape index (κ2) is 18.8. The normalized spacial score (nSPS) is 12.0. The van der Waals surface area contributed by atoms with Crippen molar-refractivity contribution in [3.05, 3.63) is 19.6 Å². The highest BCUT2D eigenvalue weighted by Gasteiger charge is 2.32. The van der Waals surface area contributed by atoms with E-state index in [1.54, 1.807) is 0 Å². The highest BCUT2D eigenvalue weighted by Crippen LogP contribution is 2.12. The molecular weight excluding hydrogens is 450 g/mol. The molecule has 0 bridgehead atoms. The van der Waals surface area contributed by atoms with E-state index in [0.717, 1.165) is 0 Å². The van der Waals surface area contributed by atoms with Crippen LogP contribution in [0.25, 0.3) is 0 Å². The quantitative estimate of drug-likeness (QED) is 0.163. The molecule has 0 spiro atoms. The number of rotatable bonds is 21. The molecule has 0 rings (SSSR count). The van der Waals surface area contributed by atoms with Gasteiger partial charge in [0.05, 0.1) is 64.4 Å². The first-order chi connectivity index (χ1) is 15.9. The Balaban J connectivity index is 5.29. The van der Waals surface area contributed by atoms with Crippen molar-refractivity contribution in [2.24, 2.45) is 20.7 Å². The molecule has 0 aliphatic carbocycles. The minimum atomic E-state index is -1.22. The van der Waals surface area contributed by atoms with Gasteiger partial charge in [-0.15, -0.1) is 14.7 Å². The topological polar surface area (TPSA) is 229 Å². The van der Waals surface area contributed by atoms with Crippen LogP contribution in [0.5, 0.6) is 0 Å². The molecule has 0 fully saturated rings. The average molecular weight is 477 g/mol. The first-order valence-corrected chi connectivity index (χ1v) is 9.86. The van der Waals surface area contributed by atoms with Gasteiger partial charge in [-0.1, -0.05) is 5.18 Å². The van der Waals surface area contributed by atoms with Gasteiger partial charge in [0.2, 0.25) is 0 Å². The lowest BCUT2D eigenvalue weighted by molar-refractivity contribution is -0.119. The zero-order valence-electron chi connectivity index (χ0n) is 17.9. The number of hydrogen-bond acceptors (Lipinski definition) is 13. The molecule has 0 aliphatic heterocycles. The molecule has 16 heteroatoms. The highest BCUT2D eigenvalue weighted by molar-refractivity contribution is 5.77. The summed E-state index contributed by atoms with van der Waals surface area (Å²) in [6.45, 7) is -1.45. The van der Waals surface area contributed by atoms with Crippen LogP contribution in [-0.4, -0.2) is 87.2 Å². The zero-order chi connectivity index (χ0) is 25.0. The summed E-state index contributed by atoms with van der Waals surface area (Å²) in [6, 6.07) is -0.822.